The van der Waals surface area contributed by atoms with Crippen molar-refractivity contribution in [2.75, 3.05) is 4.90 Å². The zero-order valence-corrected chi connectivity index (χ0v) is 16.3. The molecular weight excluding hydrogens is 338 g/mol. The van der Waals surface area contributed by atoms with Crippen molar-refractivity contribution in [1.29, 1.82) is 0 Å². The van der Waals surface area contributed by atoms with Gasteiger partial charge in [-0.2, -0.15) is 0 Å². The highest BCUT2D eigenvalue weighted by atomic mass is 16.6. The quantitative estimate of drug-likeness (QED) is 0.710. The van der Waals surface area contributed by atoms with Crippen LogP contribution in [0.4, 0.5) is 10.5 Å². The lowest BCUT2D eigenvalue weighted by molar-refractivity contribution is -0.121. The van der Waals surface area contributed by atoms with Crippen molar-refractivity contribution in [3.8, 4) is 0 Å². The molecule has 2 aromatic rings. The number of aryl methyl sites for hydroxylation is 1. The third-order valence-corrected chi connectivity index (χ3v) is 4.71. The maximum Gasteiger partial charge on any atom is 0.421 e. The van der Waals surface area contributed by atoms with Crippen LogP contribution in [0.25, 0.3) is 0 Å². The van der Waals surface area contributed by atoms with E-state index in [2.05, 4.69) is 6.58 Å². The van der Waals surface area contributed by atoms with Gasteiger partial charge in [-0.1, -0.05) is 54.1 Å². The fourth-order valence-corrected chi connectivity index (χ4v) is 3.65. The molecule has 3 rings (SSSR count). The van der Waals surface area contributed by atoms with E-state index in [9.17, 15) is 9.59 Å². The Hall–Kier alpha value is -2.88. The summed E-state index contributed by atoms with van der Waals surface area (Å²) < 4.78 is 5.52. The molecule has 2 aromatic carbocycles. The van der Waals surface area contributed by atoms with E-state index >= 15 is 0 Å². The molecule has 4 nitrogen and oxygen atoms in total. The Bertz CT molecular complexity index is 910. The summed E-state index contributed by atoms with van der Waals surface area (Å²) >= 11 is 0. The van der Waals surface area contributed by atoms with Crippen LogP contribution >= 0.6 is 0 Å². The number of fused-ring (bicyclic) bond motifs is 1. The number of benzene rings is 2. The minimum absolute atomic E-state index is 0.302. The monoisotopic (exact) mass is 363 g/mol. The molecule has 1 aliphatic heterocycles. The van der Waals surface area contributed by atoms with Crippen LogP contribution in [0.5, 0.6) is 0 Å². The molecule has 2 amide bonds. The number of carbonyl (C=O) groups excluding carboxylic acids is 2. The molecule has 0 aliphatic carbocycles. The van der Waals surface area contributed by atoms with Gasteiger partial charge in [0.25, 0.3) is 5.91 Å². The summed E-state index contributed by atoms with van der Waals surface area (Å²) in [4.78, 5) is 27.7. The third-order valence-electron chi connectivity index (χ3n) is 4.71. The van der Waals surface area contributed by atoms with Crippen molar-refractivity contribution in [1.82, 2.24) is 0 Å². The molecular formula is C23H25NO3. The van der Waals surface area contributed by atoms with E-state index in [1.54, 1.807) is 32.9 Å². The van der Waals surface area contributed by atoms with Crippen LogP contribution in [0, 0.1) is 6.92 Å². The molecule has 1 aliphatic rings. The maximum absolute atomic E-state index is 13.7. The fraction of sp³-hybridized carbons (Fsp3) is 0.304. The van der Waals surface area contributed by atoms with E-state index in [4.69, 9.17) is 4.74 Å². The molecule has 0 saturated heterocycles. The second-order valence-electron chi connectivity index (χ2n) is 7.91. The molecule has 0 radical (unpaired) electrons. The number of anilines is 1. The van der Waals surface area contributed by atoms with Gasteiger partial charge in [-0.15, -0.1) is 6.58 Å². The number of hydrogen-bond acceptors (Lipinski definition) is 3. The molecule has 0 N–H and O–H groups in total. The Labute approximate surface area is 160 Å². The highest BCUT2D eigenvalue weighted by molar-refractivity contribution is 6.22. The third kappa shape index (κ3) is 3.16. The Morgan fingerprint density at radius 3 is 2.52 bits per heavy atom. The molecule has 140 valence electrons. The number of nitrogens with zero attached hydrogens (tertiary/aromatic N) is 1. The minimum atomic E-state index is -0.985. The summed E-state index contributed by atoms with van der Waals surface area (Å²) in [6.45, 7) is 11.2. The molecule has 0 spiro atoms. The Morgan fingerprint density at radius 1 is 1.19 bits per heavy atom. The van der Waals surface area contributed by atoms with Crippen LogP contribution in [0.15, 0.2) is 61.2 Å². The van der Waals surface area contributed by atoms with E-state index < -0.39 is 17.1 Å². The smallest absolute Gasteiger partial charge is 0.421 e. The minimum Gasteiger partial charge on any atom is -0.443 e. The summed E-state index contributed by atoms with van der Waals surface area (Å²) in [7, 11) is 0. The first-order valence-electron chi connectivity index (χ1n) is 9.06. The molecule has 0 fully saturated rings. The van der Waals surface area contributed by atoms with Crippen molar-refractivity contribution < 1.29 is 14.3 Å². The van der Waals surface area contributed by atoms with Gasteiger partial charge in [0.15, 0.2) is 0 Å². The second kappa shape index (κ2) is 6.69. The van der Waals surface area contributed by atoms with Gasteiger partial charge in [-0.05, 0) is 51.3 Å². The van der Waals surface area contributed by atoms with Gasteiger partial charge < -0.3 is 4.74 Å². The van der Waals surface area contributed by atoms with E-state index in [-0.39, 0.29) is 5.91 Å². The standard InChI is InChI=1S/C23H25NO3/c1-6-14-23(17-11-9-10-16(2)15-17)18-12-7-8-13-19(18)24(20(23)25)21(26)27-22(3,4)5/h6-13,15H,1,14H2,2-5H3. The van der Waals surface area contributed by atoms with Crippen molar-refractivity contribution in [2.45, 2.75) is 45.1 Å². The highest BCUT2D eigenvalue weighted by Gasteiger charge is 2.54. The number of allylic oxidation sites excluding steroid dienone is 1. The molecule has 0 aromatic heterocycles. The molecule has 1 atom stereocenters. The molecule has 1 heterocycles. The Balaban J connectivity index is 2.22. The Kier molecular flexibility index (Phi) is 4.68. The van der Waals surface area contributed by atoms with Gasteiger partial charge >= 0.3 is 6.09 Å². The lowest BCUT2D eigenvalue weighted by Crippen LogP contribution is -2.45. The van der Waals surface area contributed by atoms with Gasteiger partial charge in [0.05, 0.1) is 5.69 Å². The number of carbonyl (C=O) groups is 2. The van der Waals surface area contributed by atoms with Crippen LogP contribution in [0.3, 0.4) is 0 Å². The summed E-state index contributed by atoms with van der Waals surface area (Å²) in [6, 6.07) is 15.3. The number of imide groups is 1. The molecule has 1 unspecified atom stereocenters. The van der Waals surface area contributed by atoms with Crippen molar-refractivity contribution >= 4 is 17.7 Å². The molecule has 27 heavy (non-hydrogen) atoms. The first-order valence-corrected chi connectivity index (χ1v) is 9.06. The fourth-order valence-electron chi connectivity index (χ4n) is 3.65. The van der Waals surface area contributed by atoms with Crippen LogP contribution in [0.1, 0.15) is 43.9 Å². The molecule has 0 saturated carbocycles. The van der Waals surface area contributed by atoms with Gasteiger partial charge in [0, 0.05) is 0 Å². The van der Waals surface area contributed by atoms with Crippen molar-refractivity contribution in [3.63, 3.8) is 0 Å². The lowest BCUT2D eigenvalue weighted by Gasteiger charge is -2.29. The average molecular weight is 363 g/mol. The number of rotatable bonds is 3. The Morgan fingerprint density at radius 2 is 1.89 bits per heavy atom. The predicted octanol–water partition coefficient (Wildman–Crippen LogP) is 5.14. The number of ether oxygens (including phenoxy) is 1. The summed E-state index contributed by atoms with van der Waals surface area (Å²) in [5, 5.41) is 0. The number of amides is 2. The van der Waals surface area contributed by atoms with Crippen molar-refractivity contribution in [2.24, 2.45) is 0 Å². The zero-order chi connectivity index (χ0) is 19.8. The second-order valence-corrected chi connectivity index (χ2v) is 7.91. The van der Waals surface area contributed by atoms with E-state index in [0.717, 1.165) is 16.7 Å². The number of hydrogen-bond donors (Lipinski definition) is 0. The topological polar surface area (TPSA) is 46.6 Å². The average Bonchev–Trinajstić information content (AvgIpc) is 2.83. The maximum atomic E-state index is 13.7. The van der Waals surface area contributed by atoms with Crippen LogP contribution in [-0.2, 0) is 14.9 Å². The normalized spacial score (nSPS) is 19.0. The largest absolute Gasteiger partial charge is 0.443 e. The predicted molar refractivity (Wildman–Crippen MR) is 107 cm³/mol. The van der Waals surface area contributed by atoms with E-state index in [1.165, 1.54) is 4.90 Å². The van der Waals surface area contributed by atoms with Crippen molar-refractivity contribution in [3.05, 3.63) is 77.9 Å². The van der Waals surface area contributed by atoms with Gasteiger partial charge in [-0.3, -0.25) is 4.79 Å². The van der Waals surface area contributed by atoms with Crippen LogP contribution in [-0.4, -0.2) is 17.6 Å². The first kappa shape index (κ1) is 18.9. The van der Waals surface area contributed by atoms with Gasteiger partial charge in [0.2, 0.25) is 0 Å². The van der Waals surface area contributed by atoms with Crippen LogP contribution < -0.4 is 4.90 Å². The van der Waals surface area contributed by atoms with Gasteiger partial charge in [-0.25, -0.2) is 9.69 Å². The van der Waals surface area contributed by atoms with Gasteiger partial charge in [0.1, 0.15) is 11.0 Å². The SMILES string of the molecule is C=CCC1(c2cccc(C)c2)C(=O)N(C(=O)OC(C)(C)C)c2ccccc21. The highest BCUT2D eigenvalue weighted by Crippen LogP contribution is 2.49. The first-order chi connectivity index (χ1) is 12.7. The summed E-state index contributed by atoms with van der Waals surface area (Å²) in [5.74, 6) is -0.302. The number of para-hydroxylation sites is 1. The summed E-state index contributed by atoms with van der Waals surface area (Å²) in [5.41, 5.74) is 1.59. The lowest BCUT2D eigenvalue weighted by atomic mass is 9.72. The molecule has 4 heteroatoms. The summed E-state index contributed by atoms with van der Waals surface area (Å²) in [6.07, 6.45) is 1.47. The van der Waals surface area contributed by atoms with E-state index in [1.807, 2.05) is 49.4 Å². The zero-order valence-electron chi connectivity index (χ0n) is 16.3. The van der Waals surface area contributed by atoms with Crippen LogP contribution in [0.2, 0.25) is 0 Å². The van der Waals surface area contributed by atoms with E-state index in [0.29, 0.717) is 12.1 Å². The molecule has 0 bridgehead atoms.